The number of rotatable bonds is 7. The van der Waals surface area contributed by atoms with Crippen molar-refractivity contribution in [1.82, 2.24) is 10.2 Å². The molecule has 0 unspecified atom stereocenters. The summed E-state index contributed by atoms with van der Waals surface area (Å²) in [5.74, 6) is 0.396. The quantitative estimate of drug-likeness (QED) is 0.750. The number of hydrogen-bond donors (Lipinski definition) is 2. The van der Waals surface area contributed by atoms with E-state index in [0.29, 0.717) is 6.54 Å². The third-order valence-corrected chi connectivity index (χ3v) is 4.76. The molecule has 5 nitrogen and oxygen atoms in total. The van der Waals surface area contributed by atoms with E-state index in [2.05, 4.69) is 27.2 Å². The summed E-state index contributed by atoms with van der Waals surface area (Å²) in [6, 6.07) is 17.7. The Bertz CT molecular complexity index is 680. The Kier molecular flexibility index (Phi) is 6.50. The molecule has 2 N–H and O–H groups in total. The first-order valence-corrected chi connectivity index (χ1v) is 9.28. The second-order valence-electron chi connectivity index (χ2n) is 6.72. The van der Waals surface area contributed by atoms with Gasteiger partial charge in [-0.3, -0.25) is 9.69 Å². The molecule has 1 aliphatic heterocycles. The zero-order valence-corrected chi connectivity index (χ0v) is 15.1. The minimum absolute atomic E-state index is 0.108. The van der Waals surface area contributed by atoms with Crippen molar-refractivity contribution >= 4 is 11.6 Å². The molecule has 26 heavy (non-hydrogen) atoms. The third-order valence-electron chi connectivity index (χ3n) is 4.76. The van der Waals surface area contributed by atoms with Gasteiger partial charge in [-0.15, -0.1) is 0 Å². The van der Waals surface area contributed by atoms with E-state index in [-0.39, 0.29) is 11.7 Å². The van der Waals surface area contributed by atoms with Gasteiger partial charge in [0.25, 0.3) is 0 Å². The van der Waals surface area contributed by atoms with Crippen molar-refractivity contribution in [3.8, 4) is 5.75 Å². The van der Waals surface area contributed by atoms with Crippen LogP contribution in [0.3, 0.4) is 0 Å². The van der Waals surface area contributed by atoms with Crippen LogP contribution in [0, 0.1) is 0 Å². The molecule has 138 valence electrons. The fraction of sp³-hybridized carbons (Fsp3) is 0.381. The molecule has 1 aliphatic rings. The molecule has 2 aromatic rings. The van der Waals surface area contributed by atoms with Gasteiger partial charge in [0, 0.05) is 38.4 Å². The van der Waals surface area contributed by atoms with Crippen LogP contribution in [0.4, 0.5) is 5.69 Å². The number of carbonyl (C=O) groups excluding carboxylic acids is 1. The zero-order chi connectivity index (χ0) is 18.2. The van der Waals surface area contributed by atoms with Crippen LogP contribution in [0.25, 0.3) is 0 Å². The summed E-state index contributed by atoms with van der Waals surface area (Å²) in [7, 11) is 0. The summed E-state index contributed by atoms with van der Waals surface area (Å²) in [5, 5.41) is 12.4. The van der Waals surface area contributed by atoms with Crippen LogP contribution in [0.5, 0.6) is 5.75 Å². The Hall–Kier alpha value is -2.53. The van der Waals surface area contributed by atoms with Crippen molar-refractivity contribution < 1.29 is 9.90 Å². The maximum absolute atomic E-state index is 12.1. The molecule has 1 saturated heterocycles. The summed E-state index contributed by atoms with van der Waals surface area (Å²) in [6.07, 6.45) is 1.96. The zero-order valence-electron chi connectivity index (χ0n) is 15.1. The number of piperazine rings is 1. The van der Waals surface area contributed by atoms with Crippen LogP contribution >= 0.6 is 0 Å². The van der Waals surface area contributed by atoms with Crippen LogP contribution < -0.4 is 10.2 Å². The number of phenolic OH excluding ortho intramolecular Hbond substituents is 1. The number of nitrogens with zero attached hydrogens (tertiary/aromatic N) is 2. The number of benzene rings is 2. The molecule has 0 saturated carbocycles. The Labute approximate surface area is 155 Å². The van der Waals surface area contributed by atoms with E-state index in [1.165, 1.54) is 5.56 Å². The second-order valence-corrected chi connectivity index (χ2v) is 6.72. The lowest BCUT2D eigenvalue weighted by atomic mass is 10.1. The van der Waals surface area contributed by atoms with E-state index in [4.69, 9.17) is 0 Å². The maximum Gasteiger partial charge on any atom is 0.234 e. The van der Waals surface area contributed by atoms with Gasteiger partial charge in [0.15, 0.2) is 0 Å². The highest BCUT2D eigenvalue weighted by atomic mass is 16.3. The molecule has 1 amide bonds. The predicted octanol–water partition coefficient (Wildman–Crippen LogP) is 2.26. The number of carbonyl (C=O) groups is 1. The number of phenols is 1. The summed E-state index contributed by atoms with van der Waals surface area (Å²) < 4.78 is 0. The van der Waals surface area contributed by atoms with Gasteiger partial charge in [0.2, 0.25) is 5.91 Å². The molecule has 0 radical (unpaired) electrons. The minimum atomic E-state index is 0.108. The van der Waals surface area contributed by atoms with Crippen molar-refractivity contribution in [1.29, 1.82) is 0 Å². The Morgan fingerprint density at radius 1 is 0.962 bits per heavy atom. The van der Waals surface area contributed by atoms with Gasteiger partial charge in [-0.25, -0.2) is 0 Å². The highest BCUT2D eigenvalue weighted by Crippen LogP contribution is 2.19. The number of aromatic hydroxyl groups is 1. The van der Waals surface area contributed by atoms with Gasteiger partial charge in [0.05, 0.1) is 6.54 Å². The van der Waals surface area contributed by atoms with E-state index in [0.717, 1.165) is 51.3 Å². The van der Waals surface area contributed by atoms with Gasteiger partial charge in [0.1, 0.15) is 5.75 Å². The molecule has 5 heteroatoms. The summed E-state index contributed by atoms with van der Waals surface area (Å²) >= 11 is 0. The highest BCUT2D eigenvalue weighted by Gasteiger charge is 2.19. The first-order chi connectivity index (χ1) is 12.7. The average molecular weight is 353 g/mol. The molecule has 0 spiro atoms. The largest absolute Gasteiger partial charge is 0.508 e. The summed E-state index contributed by atoms with van der Waals surface area (Å²) in [5.41, 5.74) is 2.43. The smallest absolute Gasteiger partial charge is 0.234 e. The molecular weight excluding hydrogens is 326 g/mol. The van der Waals surface area contributed by atoms with Gasteiger partial charge in [-0.05, 0) is 42.7 Å². The molecule has 2 aromatic carbocycles. The van der Waals surface area contributed by atoms with Crippen LogP contribution in [0.15, 0.2) is 54.6 Å². The summed E-state index contributed by atoms with van der Waals surface area (Å²) in [4.78, 5) is 16.6. The fourth-order valence-electron chi connectivity index (χ4n) is 3.25. The van der Waals surface area contributed by atoms with E-state index >= 15 is 0 Å². The van der Waals surface area contributed by atoms with Crippen LogP contribution in [-0.2, 0) is 11.2 Å². The van der Waals surface area contributed by atoms with Gasteiger partial charge >= 0.3 is 0 Å². The first-order valence-electron chi connectivity index (χ1n) is 9.28. The number of nitrogens with one attached hydrogen (secondary N) is 1. The molecule has 0 atom stereocenters. The maximum atomic E-state index is 12.1. The second kappa shape index (κ2) is 9.25. The minimum Gasteiger partial charge on any atom is -0.508 e. The highest BCUT2D eigenvalue weighted by molar-refractivity contribution is 5.78. The predicted molar refractivity (Wildman–Crippen MR) is 105 cm³/mol. The van der Waals surface area contributed by atoms with Crippen LogP contribution in [0.2, 0.25) is 0 Å². The number of hydrogen-bond acceptors (Lipinski definition) is 4. The van der Waals surface area contributed by atoms with Crippen molar-refractivity contribution in [3.05, 3.63) is 60.2 Å². The monoisotopic (exact) mass is 353 g/mol. The number of amides is 1. The lowest BCUT2D eigenvalue weighted by Gasteiger charge is -2.35. The van der Waals surface area contributed by atoms with Crippen LogP contribution in [-0.4, -0.2) is 55.2 Å². The van der Waals surface area contributed by atoms with Gasteiger partial charge in [-0.2, -0.15) is 0 Å². The van der Waals surface area contributed by atoms with E-state index in [1.807, 2.05) is 30.3 Å². The van der Waals surface area contributed by atoms with Gasteiger partial charge < -0.3 is 15.3 Å². The van der Waals surface area contributed by atoms with Gasteiger partial charge in [-0.1, -0.05) is 30.3 Å². The molecule has 3 rings (SSSR count). The lowest BCUT2D eigenvalue weighted by molar-refractivity contribution is -0.122. The molecule has 0 aliphatic carbocycles. The van der Waals surface area contributed by atoms with E-state index in [9.17, 15) is 9.90 Å². The van der Waals surface area contributed by atoms with E-state index < -0.39 is 0 Å². The Balaban J connectivity index is 1.32. The number of anilines is 1. The normalized spacial score (nSPS) is 15.0. The van der Waals surface area contributed by atoms with E-state index in [1.54, 1.807) is 12.1 Å². The molecular formula is C21H27N3O2. The fourth-order valence-corrected chi connectivity index (χ4v) is 3.25. The Morgan fingerprint density at radius 3 is 2.35 bits per heavy atom. The Morgan fingerprint density at radius 2 is 1.65 bits per heavy atom. The number of aryl methyl sites for hydroxylation is 1. The first kappa shape index (κ1) is 18.3. The molecule has 1 heterocycles. The molecule has 1 fully saturated rings. The SMILES string of the molecule is O=C(CN1CCN(c2ccc(O)cc2)CC1)NCCCc1ccccc1. The van der Waals surface area contributed by atoms with Crippen molar-refractivity contribution in [2.24, 2.45) is 0 Å². The lowest BCUT2D eigenvalue weighted by Crippen LogP contribution is -2.49. The standard InChI is InChI=1S/C21H27N3O2/c25-20-10-8-19(9-11-20)24-15-13-23(14-16-24)17-21(26)22-12-4-7-18-5-2-1-3-6-18/h1-3,5-6,8-11,25H,4,7,12-17H2,(H,22,26). The molecule has 0 aromatic heterocycles. The summed E-state index contributed by atoms with van der Waals surface area (Å²) in [6.45, 7) is 4.73. The third kappa shape index (κ3) is 5.49. The average Bonchev–Trinajstić information content (AvgIpc) is 2.67. The topological polar surface area (TPSA) is 55.8 Å². The van der Waals surface area contributed by atoms with Crippen molar-refractivity contribution in [3.63, 3.8) is 0 Å². The van der Waals surface area contributed by atoms with Crippen molar-refractivity contribution in [2.45, 2.75) is 12.8 Å². The molecule has 0 bridgehead atoms. The van der Waals surface area contributed by atoms with Crippen LogP contribution in [0.1, 0.15) is 12.0 Å². The van der Waals surface area contributed by atoms with Crippen molar-refractivity contribution in [2.75, 3.05) is 44.2 Å².